The molecule has 0 radical (unpaired) electrons. The van der Waals surface area contributed by atoms with Crippen LogP contribution in [-0.4, -0.2) is 68.7 Å². The first kappa shape index (κ1) is 17.2. The highest BCUT2D eigenvalue weighted by Crippen LogP contribution is 2.18. The maximum absolute atomic E-state index is 5.39. The van der Waals surface area contributed by atoms with E-state index in [4.69, 9.17) is 4.74 Å². The molecule has 1 aromatic rings. The number of nitrogens with one attached hydrogen (secondary N) is 1. The number of ether oxygens (including phenoxy) is 1. The third-order valence-corrected chi connectivity index (χ3v) is 4.93. The van der Waals surface area contributed by atoms with Gasteiger partial charge in [0.15, 0.2) is 5.96 Å². The van der Waals surface area contributed by atoms with Gasteiger partial charge in [0.05, 0.1) is 13.2 Å². The molecule has 2 heterocycles. The maximum Gasteiger partial charge on any atom is 0.193 e. The average molecular weight is 330 g/mol. The van der Waals surface area contributed by atoms with Crippen LogP contribution in [0, 0.1) is 0 Å². The van der Waals surface area contributed by atoms with E-state index < -0.39 is 0 Å². The molecule has 1 fully saturated rings. The second kappa shape index (κ2) is 9.04. The topological polar surface area (TPSA) is 40.1 Å². The van der Waals surface area contributed by atoms with Crippen molar-refractivity contribution in [1.29, 1.82) is 0 Å². The molecule has 5 nitrogen and oxygen atoms in total. The summed E-state index contributed by atoms with van der Waals surface area (Å²) in [5, 5.41) is 3.54. The molecule has 0 spiro atoms. The molecule has 0 aliphatic carbocycles. The van der Waals surface area contributed by atoms with Gasteiger partial charge in [0.2, 0.25) is 0 Å². The molecule has 1 saturated heterocycles. The largest absolute Gasteiger partial charge is 0.379 e. The van der Waals surface area contributed by atoms with Gasteiger partial charge in [-0.25, -0.2) is 0 Å². The molecule has 5 heteroatoms. The molecule has 1 N–H and O–H groups in total. The van der Waals surface area contributed by atoms with Crippen molar-refractivity contribution in [2.75, 3.05) is 53.0 Å². The zero-order valence-electron chi connectivity index (χ0n) is 14.8. The van der Waals surface area contributed by atoms with Crippen LogP contribution >= 0.6 is 0 Å². The minimum Gasteiger partial charge on any atom is -0.379 e. The lowest BCUT2D eigenvalue weighted by atomic mass is 10.0. The van der Waals surface area contributed by atoms with Crippen molar-refractivity contribution >= 4 is 5.96 Å². The summed E-state index contributed by atoms with van der Waals surface area (Å²) in [6.45, 7) is 8.14. The van der Waals surface area contributed by atoms with Crippen molar-refractivity contribution in [1.82, 2.24) is 15.1 Å². The molecule has 1 aromatic carbocycles. The minimum absolute atomic E-state index is 0.890. The predicted octanol–water partition coefficient (Wildman–Crippen LogP) is 1.73. The maximum atomic E-state index is 5.39. The number of unbranched alkanes of at least 4 members (excludes halogenated alkanes) is 1. The van der Waals surface area contributed by atoms with Gasteiger partial charge in [0.25, 0.3) is 0 Å². The summed E-state index contributed by atoms with van der Waals surface area (Å²) < 4.78 is 5.39. The number of hydrogen-bond acceptors (Lipinski definition) is 3. The van der Waals surface area contributed by atoms with Crippen LogP contribution in [0.5, 0.6) is 0 Å². The molecule has 132 valence electrons. The third kappa shape index (κ3) is 4.71. The number of hydrogen-bond donors (Lipinski definition) is 1. The van der Waals surface area contributed by atoms with Gasteiger partial charge < -0.3 is 15.0 Å². The van der Waals surface area contributed by atoms with E-state index in [1.807, 2.05) is 7.05 Å². The molecule has 0 saturated carbocycles. The summed E-state index contributed by atoms with van der Waals surface area (Å²) in [5.41, 5.74) is 2.91. The molecule has 2 aliphatic heterocycles. The summed E-state index contributed by atoms with van der Waals surface area (Å²) in [6.07, 6.45) is 3.52. The van der Waals surface area contributed by atoms with Crippen LogP contribution in [0.4, 0.5) is 0 Å². The summed E-state index contributed by atoms with van der Waals surface area (Å²) in [6, 6.07) is 8.74. The van der Waals surface area contributed by atoms with Crippen LogP contribution < -0.4 is 5.32 Å². The lowest BCUT2D eigenvalue weighted by molar-refractivity contribution is 0.0372. The standard InChI is InChI=1S/C19H30N4O/c1-20-19(21-9-4-5-10-22-12-14-24-15-13-22)23-11-8-17-6-2-3-7-18(17)16-23/h2-3,6-7H,4-5,8-16H2,1H3,(H,20,21). The highest BCUT2D eigenvalue weighted by atomic mass is 16.5. The average Bonchev–Trinajstić information content (AvgIpc) is 2.65. The molecule has 0 bridgehead atoms. The summed E-state index contributed by atoms with van der Waals surface area (Å²) in [5.74, 6) is 1.04. The van der Waals surface area contributed by atoms with Gasteiger partial charge in [-0.3, -0.25) is 9.89 Å². The van der Waals surface area contributed by atoms with E-state index in [0.29, 0.717) is 0 Å². The molecule has 0 unspecified atom stereocenters. The first-order chi connectivity index (χ1) is 11.9. The number of fused-ring (bicyclic) bond motifs is 1. The molecular weight excluding hydrogens is 300 g/mol. The van der Waals surface area contributed by atoms with E-state index in [1.165, 1.54) is 30.5 Å². The number of morpholine rings is 1. The van der Waals surface area contributed by atoms with Gasteiger partial charge in [0.1, 0.15) is 0 Å². The van der Waals surface area contributed by atoms with Crippen LogP contribution in [-0.2, 0) is 17.7 Å². The summed E-state index contributed by atoms with van der Waals surface area (Å²) in [7, 11) is 1.89. The Labute approximate surface area is 145 Å². The summed E-state index contributed by atoms with van der Waals surface area (Å²) in [4.78, 5) is 9.34. The van der Waals surface area contributed by atoms with Gasteiger partial charge in [0, 0.05) is 39.8 Å². The Balaban J connectivity index is 1.38. The Hall–Kier alpha value is -1.59. The molecule has 3 rings (SSSR count). The molecule has 0 atom stereocenters. The number of aliphatic imine (C=N–C) groups is 1. The van der Waals surface area contributed by atoms with Crippen LogP contribution in [0.15, 0.2) is 29.3 Å². The van der Waals surface area contributed by atoms with E-state index in [-0.39, 0.29) is 0 Å². The van der Waals surface area contributed by atoms with Gasteiger partial charge >= 0.3 is 0 Å². The number of rotatable bonds is 5. The van der Waals surface area contributed by atoms with E-state index in [9.17, 15) is 0 Å². The Morgan fingerprint density at radius 3 is 2.71 bits per heavy atom. The number of guanidine groups is 1. The fraction of sp³-hybridized carbons (Fsp3) is 0.632. The smallest absolute Gasteiger partial charge is 0.193 e. The van der Waals surface area contributed by atoms with E-state index in [1.54, 1.807) is 0 Å². The fourth-order valence-corrected chi connectivity index (χ4v) is 3.49. The molecule has 0 aromatic heterocycles. The van der Waals surface area contributed by atoms with Crippen LogP contribution in [0.1, 0.15) is 24.0 Å². The number of benzene rings is 1. The Kier molecular flexibility index (Phi) is 6.49. The Bertz CT molecular complexity index is 540. The van der Waals surface area contributed by atoms with Crippen molar-refractivity contribution in [2.45, 2.75) is 25.8 Å². The quantitative estimate of drug-likeness (QED) is 0.507. The van der Waals surface area contributed by atoms with Crippen LogP contribution in [0.3, 0.4) is 0 Å². The number of nitrogens with zero attached hydrogens (tertiary/aromatic N) is 3. The zero-order chi connectivity index (χ0) is 16.6. The first-order valence-electron chi connectivity index (χ1n) is 9.19. The van der Waals surface area contributed by atoms with Crippen molar-refractivity contribution in [3.63, 3.8) is 0 Å². The molecule has 2 aliphatic rings. The normalized spacial score (nSPS) is 19.2. The predicted molar refractivity (Wildman–Crippen MR) is 98.4 cm³/mol. The van der Waals surface area contributed by atoms with Gasteiger partial charge in [-0.1, -0.05) is 24.3 Å². The lowest BCUT2D eigenvalue weighted by Gasteiger charge is -2.31. The van der Waals surface area contributed by atoms with Gasteiger partial charge in [-0.15, -0.1) is 0 Å². The molecule has 0 amide bonds. The Morgan fingerprint density at radius 1 is 1.12 bits per heavy atom. The lowest BCUT2D eigenvalue weighted by Crippen LogP contribution is -2.44. The van der Waals surface area contributed by atoms with E-state index in [2.05, 4.69) is 44.4 Å². The molecular formula is C19H30N4O. The third-order valence-electron chi connectivity index (χ3n) is 4.93. The van der Waals surface area contributed by atoms with E-state index >= 15 is 0 Å². The fourth-order valence-electron chi connectivity index (χ4n) is 3.49. The van der Waals surface area contributed by atoms with Crippen molar-refractivity contribution in [3.05, 3.63) is 35.4 Å². The highest BCUT2D eigenvalue weighted by Gasteiger charge is 2.18. The Morgan fingerprint density at radius 2 is 1.92 bits per heavy atom. The zero-order valence-corrected chi connectivity index (χ0v) is 14.8. The van der Waals surface area contributed by atoms with Crippen molar-refractivity contribution in [3.8, 4) is 0 Å². The minimum atomic E-state index is 0.890. The van der Waals surface area contributed by atoms with Crippen molar-refractivity contribution < 1.29 is 4.74 Å². The van der Waals surface area contributed by atoms with Gasteiger partial charge in [-0.05, 0) is 36.9 Å². The first-order valence-corrected chi connectivity index (χ1v) is 9.19. The second-order valence-electron chi connectivity index (χ2n) is 6.58. The van der Waals surface area contributed by atoms with Gasteiger partial charge in [-0.2, -0.15) is 0 Å². The monoisotopic (exact) mass is 330 g/mol. The summed E-state index contributed by atoms with van der Waals surface area (Å²) >= 11 is 0. The SMILES string of the molecule is CN=C(NCCCCN1CCOCC1)N1CCc2ccccc2C1. The second-order valence-corrected chi connectivity index (χ2v) is 6.58. The highest BCUT2D eigenvalue weighted by molar-refractivity contribution is 5.80. The van der Waals surface area contributed by atoms with Crippen LogP contribution in [0.25, 0.3) is 0 Å². The molecule has 24 heavy (non-hydrogen) atoms. The van der Waals surface area contributed by atoms with Crippen molar-refractivity contribution in [2.24, 2.45) is 4.99 Å². The van der Waals surface area contributed by atoms with Crippen LogP contribution in [0.2, 0.25) is 0 Å². The van der Waals surface area contributed by atoms with E-state index in [0.717, 1.165) is 58.3 Å².